The Balaban J connectivity index is 2.17. The second-order valence-electron chi connectivity index (χ2n) is 3.90. The van der Waals surface area contributed by atoms with Crippen LogP contribution in [0.5, 0.6) is 0 Å². The third-order valence-electron chi connectivity index (χ3n) is 2.40. The van der Waals surface area contributed by atoms with E-state index in [0.29, 0.717) is 28.1 Å². The number of nitrogens with one attached hydrogen (secondary N) is 2. The monoisotopic (exact) mass is 310 g/mol. The van der Waals surface area contributed by atoms with Gasteiger partial charge in [-0.05, 0) is 25.1 Å². The Labute approximate surface area is 126 Å². The summed E-state index contributed by atoms with van der Waals surface area (Å²) in [6.45, 7) is 2.63. The highest BCUT2D eigenvalue weighted by atomic mass is 35.5. The molecule has 0 unspecified atom stereocenters. The number of nitrogens with zero attached hydrogens (tertiary/aromatic N) is 2. The second kappa shape index (κ2) is 6.54. The molecule has 0 radical (unpaired) electrons. The van der Waals surface area contributed by atoms with E-state index in [1.807, 2.05) is 6.92 Å². The number of carbonyl (C=O) groups excluding carboxylic acids is 1. The summed E-state index contributed by atoms with van der Waals surface area (Å²) in [4.78, 5) is 20.2. The van der Waals surface area contributed by atoms with Crippen molar-refractivity contribution in [3.8, 4) is 0 Å². The zero-order valence-electron chi connectivity index (χ0n) is 10.7. The summed E-state index contributed by atoms with van der Waals surface area (Å²) in [5.74, 6) is 0.156. The highest BCUT2D eigenvalue weighted by molar-refractivity contribution is 6.36. The van der Waals surface area contributed by atoms with Gasteiger partial charge in [0.15, 0.2) is 0 Å². The lowest BCUT2D eigenvalue weighted by Crippen LogP contribution is -2.15. The molecule has 1 amide bonds. The lowest BCUT2D eigenvalue weighted by molar-refractivity contribution is 0.102. The minimum Gasteiger partial charge on any atom is -0.369 e. The standard InChI is InChI=1S/C13H12Cl2N4O/c1-2-17-12-7-16-6-11(18-12)13(20)19-10-4-3-8(14)5-9(10)15/h3-7H,2H2,1H3,(H,17,18)(H,19,20). The van der Waals surface area contributed by atoms with Gasteiger partial charge in [0.05, 0.1) is 23.1 Å². The van der Waals surface area contributed by atoms with E-state index in [1.54, 1.807) is 24.4 Å². The number of aromatic nitrogens is 2. The van der Waals surface area contributed by atoms with Crippen LogP contribution < -0.4 is 10.6 Å². The Morgan fingerprint density at radius 2 is 2.10 bits per heavy atom. The molecule has 2 rings (SSSR count). The molecule has 0 saturated heterocycles. The van der Waals surface area contributed by atoms with Crippen molar-refractivity contribution in [2.24, 2.45) is 0 Å². The largest absolute Gasteiger partial charge is 0.369 e. The molecule has 20 heavy (non-hydrogen) atoms. The molecule has 1 aromatic heterocycles. The Bertz CT molecular complexity index is 634. The van der Waals surface area contributed by atoms with Gasteiger partial charge in [0.25, 0.3) is 5.91 Å². The van der Waals surface area contributed by atoms with Crippen LogP contribution in [0.4, 0.5) is 11.5 Å². The fourth-order valence-electron chi connectivity index (χ4n) is 1.52. The number of rotatable bonds is 4. The number of hydrogen-bond acceptors (Lipinski definition) is 4. The highest BCUT2D eigenvalue weighted by Crippen LogP contribution is 2.25. The van der Waals surface area contributed by atoms with Crippen LogP contribution in [0.15, 0.2) is 30.6 Å². The van der Waals surface area contributed by atoms with Gasteiger partial charge in [0.1, 0.15) is 11.5 Å². The van der Waals surface area contributed by atoms with Crippen molar-refractivity contribution < 1.29 is 4.79 Å². The van der Waals surface area contributed by atoms with Gasteiger partial charge in [-0.15, -0.1) is 0 Å². The van der Waals surface area contributed by atoms with Crippen molar-refractivity contribution in [3.63, 3.8) is 0 Å². The van der Waals surface area contributed by atoms with E-state index in [0.717, 1.165) is 0 Å². The molecule has 7 heteroatoms. The molecule has 104 valence electrons. The number of halogens is 2. The van der Waals surface area contributed by atoms with Crippen LogP contribution in [0.2, 0.25) is 10.0 Å². The second-order valence-corrected chi connectivity index (χ2v) is 4.74. The number of anilines is 2. The smallest absolute Gasteiger partial charge is 0.275 e. The molecule has 5 nitrogen and oxygen atoms in total. The number of carbonyl (C=O) groups is 1. The summed E-state index contributed by atoms with van der Waals surface area (Å²) in [6.07, 6.45) is 2.94. The lowest BCUT2D eigenvalue weighted by Gasteiger charge is -2.08. The van der Waals surface area contributed by atoms with Crippen LogP contribution in [0.1, 0.15) is 17.4 Å². The maximum absolute atomic E-state index is 12.1. The van der Waals surface area contributed by atoms with Crippen molar-refractivity contribution >= 4 is 40.6 Å². The molecule has 2 aromatic rings. The molecule has 0 bridgehead atoms. The van der Waals surface area contributed by atoms with Crippen LogP contribution in [-0.2, 0) is 0 Å². The first-order valence-corrected chi connectivity index (χ1v) is 6.68. The molecule has 2 N–H and O–H groups in total. The minimum atomic E-state index is -0.388. The van der Waals surface area contributed by atoms with Gasteiger partial charge in [0, 0.05) is 11.6 Å². The first-order chi connectivity index (χ1) is 9.60. The predicted molar refractivity (Wildman–Crippen MR) is 80.6 cm³/mol. The maximum Gasteiger partial charge on any atom is 0.275 e. The third kappa shape index (κ3) is 3.59. The van der Waals surface area contributed by atoms with E-state index < -0.39 is 0 Å². The van der Waals surface area contributed by atoms with Gasteiger partial charge in [-0.1, -0.05) is 23.2 Å². The van der Waals surface area contributed by atoms with Crippen LogP contribution in [-0.4, -0.2) is 22.4 Å². The van der Waals surface area contributed by atoms with Crippen LogP contribution in [0, 0.1) is 0 Å². The Hall–Kier alpha value is -1.85. The summed E-state index contributed by atoms with van der Waals surface area (Å²) in [5.41, 5.74) is 0.672. The Morgan fingerprint density at radius 1 is 1.30 bits per heavy atom. The number of amides is 1. The average Bonchev–Trinajstić information content (AvgIpc) is 2.42. The molecule has 0 spiro atoms. The fraction of sp³-hybridized carbons (Fsp3) is 0.154. The van der Waals surface area contributed by atoms with E-state index in [-0.39, 0.29) is 11.6 Å². The number of hydrogen-bond donors (Lipinski definition) is 2. The molecule has 1 heterocycles. The zero-order chi connectivity index (χ0) is 14.5. The van der Waals surface area contributed by atoms with Gasteiger partial charge >= 0.3 is 0 Å². The first kappa shape index (κ1) is 14.6. The topological polar surface area (TPSA) is 66.9 Å². The van der Waals surface area contributed by atoms with E-state index >= 15 is 0 Å². The summed E-state index contributed by atoms with van der Waals surface area (Å²) in [5, 5.41) is 6.52. The highest BCUT2D eigenvalue weighted by Gasteiger charge is 2.11. The zero-order valence-corrected chi connectivity index (χ0v) is 12.2. The van der Waals surface area contributed by atoms with Gasteiger partial charge in [-0.3, -0.25) is 9.78 Å². The Kier molecular flexibility index (Phi) is 4.76. The summed E-state index contributed by atoms with van der Waals surface area (Å²) in [6, 6.07) is 4.83. The van der Waals surface area contributed by atoms with Gasteiger partial charge in [-0.25, -0.2) is 4.98 Å². The molecular weight excluding hydrogens is 299 g/mol. The molecular formula is C13H12Cl2N4O. The maximum atomic E-state index is 12.1. The van der Waals surface area contributed by atoms with E-state index in [4.69, 9.17) is 23.2 Å². The molecule has 1 aromatic carbocycles. The molecule has 0 saturated carbocycles. The molecule has 0 fully saturated rings. The van der Waals surface area contributed by atoms with Gasteiger partial charge in [-0.2, -0.15) is 0 Å². The van der Waals surface area contributed by atoms with Crippen LogP contribution in [0.25, 0.3) is 0 Å². The quantitative estimate of drug-likeness (QED) is 0.907. The Morgan fingerprint density at radius 3 is 2.80 bits per heavy atom. The average molecular weight is 311 g/mol. The van der Waals surface area contributed by atoms with E-state index in [2.05, 4.69) is 20.6 Å². The van der Waals surface area contributed by atoms with Crippen molar-refractivity contribution in [1.29, 1.82) is 0 Å². The summed E-state index contributed by atoms with van der Waals surface area (Å²) >= 11 is 11.8. The lowest BCUT2D eigenvalue weighted by atomic mass is 10.3. The minimum absolute atomic E-state index is 0.203. The molecule has 0 aliphatic rings. The summed E-state index contributed by atoms with van der Waals surface area (Å²) < 4.78 is 0. The molecule has 0 atom stereocenters. The summed E-state index contributed by atoms with van der Waals surface area (Å²) in [7, 11) is 0. The van der Waals surface area contributed by atoms with E-state index in [9.17, 15) is 4.79 Å². The fourth-order valence-corrected chi connectivity index (χ4v) is 1.97. The molecule has 0 aliphatic heterocycles. The van der Waals surface area contributed by atoms with Crippen molar-refractivity contribution in [2.45, 2.75) is 6.92 Å². The van der Waals surface area contributed by atoms with Crippen molar-refractivity contribution in [1.82, 2.24) is 9.97 Å². The van der Waals surface area contributed by atoms with Crippen LogP contribution >= 0.6 is 23.2 Å². The van der Waals surface area contributed by atoms with E-state index in [1.165, 1.54) is 6.20 Å². The third-order valence-corrected chi connectivity index (χ3v) is 2.95. The number of benzene rings is 1. The first-order valence-electron chi connectivity index (χ1n) is 5.92. The van der Waals surface area contributed by atoms with Crippen molar-refractivity contribution in [3.05, 3.63) is 46.3 Å². The van der Waals surface area contributed by atoms with Crippen LogP contribution in [0.3, 0.4) is 0 Å². The predicted octanol–water partition coefficient (Wildman–Crippen LogP) is 3.47. The van der Waals surface area contributed by atoms with Gasteiger partial charge in [0.2, 0.25) is 0 Å². The SMILES string of the molecule is CCNc1cncc(C(=O)Nc2ccc(Cl)cc2Cl)n1. The van der Waals surface area contributed by atoms with Gasteiger partial charge < -0.3 is 10.6 Å². The normalized spacial score (nSPS) is 10.2. The van der Waals surface area contributed by atoms with Crippen molar-refractivity contribution in [2.75, 3.05) is 17.2 Å². The molecule has 0 aliphatic carbocycles.